The lowest BCUT2D eigenvalue weighted by Crippen LogP contribution is -2.38. The minimum absolute atomic E-state index is 0.0136. The topological polar surface area (TPSA) is 29.5 Å². The lowest BCUT2D eigenvalue weighted by atomic mass is 10.2. The Labute approximate surface area is 111 Å². The van der Waals surface area contributed by atoms with Gasteiger partial charge in [0.15, 0.2) is 11.6 Å². The van der Waals surface area contributed by atoms with Gasteiger partial charge >= 0.3 is 6.09 Å². The van der Waals surface area contributed by atoms with Crippen LogP contribution in [0.1, 0.15) is 33.6 Å². The summed E-state index contributed by atoms with van der Waals surface area (Å²) in [6.07, 6.45) is 1.16. The van der Waals surface area contributed by atoms with E-state index in [1.54, 1.807) is 20.8 Å². The van der Waals surface area contributed by atoms with Crippen molar-refractivity contribution in [3.05, 3.63) is 29.8 Å². The summed E-state index contributed by atoms with van der Waals surface area (Å²) < 4.78 is 31.5. The number of nitrogens with zero attached hydrogens (tertiary/aromatic N) is 1. The number of hydrogen-bond acceptors (Lipinski definition) is 2. The zero-order valence-electron chi connectivity index (χ0n) is 11.2. The number of halogens is 2. The van der Waals surface area contributed by atoms with Gasteiger partial charge in [0.2, 0.25) is 0 Å². The van der Waals surface area contributed by atoms with Crippen molar-refractivity contribution in [2.24, 2.45) is 0 Å². The third-order valence-corrected chi connectivity index (χ3v) is 2.68. The van der Waals surface area contributed by atoms with E-state index in [2.05, 4.69) is 0 Å². The highest BCUT2D eigenvalue weighted by Gasteiger charge is 2.36. The molecular weight excluding hydrogens is 252 g/mol. The van der Waals surface area contributed by atoms with Gasteiger partial charge in [0.1, 0.15) is 5.60 Å². The van der Waals surface area contributed by atoms with E-state index in [0.717, 1.165) is 25.0 Å². The number of rotatable bonds is 2. The highest BCUT2D eigenvalue weighted by molar-refractivity contribution is 5.89. The first-order valence-corrected chi connectivity index (χ1v) is 6.25. The van der Waals surface area contributed by atoms with Crippen LogP contribution in [0.3, 0.4) is 0 Å². The molecule has 104 valence electrons. The van der Waals surface area contributed by atoms with Crippen LogP contribution in [0, 0.1) is 11.6 Å². The van der Waals surface area contributed by atoms with Crippen molar-refractivity contribution in [3.63, 3.8) is 0 Å². The quantitative estimate of drug-likeness (QED) is 0.815. The van der Waals surface area contributed by atoms with Crippen LogP contribution in [-0.2, 0) is 4.74 Å². The predicted octanol–water partition coefficient (Wildman–Crippen LogP) is 3.87. The number of carbonyl (C=O) groups excluding carboxylic acids is 1. The first-order chi connectivity index (χ1) is 8.78. The molecule has 0 unspecified atom stereocenters. The van der Waals surface area contributed by atoms with E-state index in [1.807, 2.05) is 0 Å². The lowest BCUT2D eigenvalue weighted by molar-refractivity contribution is 0.0577. The fourth-order valence-corrected chi connectivity index (χ4v) is 1.74. The van der Waals surface area contributed by atoms with Crippen LogP contribution in [-0.4, -0.2) is 17.7 Å². The molecule has 1 amide bonds. The van der Waals surface area contributed by atoms with E-state index in [4.69, 9.17) is 4.74 Å². The minimum atomic E-state index is -0.966. The molecule has 1 aliphatic rings. The summed E-state index contributed by atoms with van der Waals surface area (Å²) in [6.45, 7) is 5.30. The second kappa shape index (κ2) is 4.79. The molecule has 1 saturated carbocycles. The summed E-state index contributed by atoms with van der Waals surface area (Å²) in [5.74, 6) is -1.89. The van der Waals surface area contributed by atoms with Crippen LogP contribution in [0.2, 0.25) is 0 Å². The Morgan fingerprint density at radius 3 is 2.37 bits per heavy atom. The summed E-state index contributed by atoms with van der Waals surface area (Å²) >= 11 is 0. The van der Waals surface area contributed by atoms with Gasteiger partial charge in [-0.25, -0.2) is 13.6 Å². The average molecular weight is 269 g/mol. The van der Waals surface area contributed by atoms with Crippen LogP contribution in [0.5, 0.6) is 0 Å². The smallest absolute Gasteiger partial charge is 0.415 e. The third-order valence-electron chi connectivity index (χ3n) is 2.68. The summed E-state index contributed by atoms with van der Waals surface area (Å²) in [6, 6.07) is 3.45. The molecule has 1 aliphatic carbocycles. The Morgan fingerprint density at radius 1 is 1.26 bits per heavy atom. The summed E-state index contributed by atoms with van der Waals surface area (Å²) in [7, 11) is 0. The first kappa shape index (κ1) is 13.8. The molecular formula is C14H17F2NO2. The number of benzene rings is 1. The maximum absolute atomic E-state index is 13.3. The molecule has 0 saturated heterocycles. The van der Waals surface area contributed by atoms with Gasteiger partial charge in [0, 0.05) is 12.1 Å². The van der Waals surface area contributed by atoms with Gasteiger partial charge in [-0.2, -0.15) is 0 Å². The Hall–Kier alpha value is -1.65. The van der Waals surface area contributed by atoms with E-state index in [9.17, 15) is 13.6 Å². The fraction of sp³-hybridized carbons (Fsp3) is 0.500. The van der Waals surface area contributed by atoms with E-state index >= 15 is 0 Å². The van der Waals surface area contributed by atoms with E-state index < -0.39 is 23.3 Å². The third kappa shape index (κ3) is 3.43. The number of hydrogen-bond donors (Lipinski definition) is 0. The molecule has 1 fully saturated rings. The first-order valence-electron chi connectivity index (χ1n) is 6.25. The van der Waals surface area contributed by atoms with Gasteiger partial charge < -0.3 is 4.74 Å². The van der Waals surface area contributed by atoms with Crippen LogP contribution in [0.15, 0.2) is 18.2 Å². The van der Waals surface area contributed by atoms with Gasteiger partial charge in [0.05, 0.1) is 5.69 Å². The van der Waals surface area contributed by atoms with E-state index in [-0.39, 0.29) is 6.04 Å². The van der Waals surface area contributed by atoms with Gasteiger partial charge in [0.25, 0.3) is 0 Å². The maximum atomic E-state index is 13.3. The van der Waals surface area contributed by atoms with Crippen LogP contribution in [0.4, 0.5) is 19.3 Å². The second-order valence-electron chi connectivity index (χ2n) is 5.68. The van der Waals surface area contributed by atoms with Crippen LogP contribution < -0.4 is 4.90 Å². The Balaban J connectivity index is 2.25. The van der Waals surface area contributed by atoms with Gasteiger partial charge in [-0.05, 0) is 45.7 Å². The van der Waals surface area contributed by atoms with Crippen molar-refractivity contribution in [3.8, 4) is 0 Å². The summed E-state index contributed by atoms with van der Waals surface area (Å²) in [4.78, 5) is 13.5. The number of amides is 1. The predicted molar refractivity (Wildman–Crippen MR) is 68.1 cm³/mol. The molecule has 5 heteroatoms. The fourth-order valence-electron chi connectivity index (χ4n) is 1.74. The monoisotopic (exact) mass is 269 g/mol. The molecule has 3 nitrogen and oxygen atoms in total. The van der Waals surface area contributed by atoms with Crippen molar-refractivity contribution >= 4 is 11.8 Å². The molecule has 1 aromatic rings. The molecule has 2 rings (SSSR count). The highest BCUT2D eigenvalue weighted by Crippen LogP contribution is 2.33. The van der Waals surface area contributed by atoms with E-state index in [1.165, 1.54) is 11.0 Å². The molecule has 0 N–H and O–H groups in total. The lowest BCUT2D eigenvalue weighted by Gasteiger charge is -2.27. The SMILES string of the molecule is CC(C)(C)OC(=O)N(c1ccc(F)c(F)c1)C1CC1. The number of anilines is 1. The van der Waals surface area contributed by atoms with Crippen molar-refractivity contribution < 1.29 is 18.3 Å². The molecule has 0 bridgehead atoms. The Kier molecular flexibility index (Phi) is 3.47. The number of ether oxygens (including phenoxy) is 1. The van der Waals surface area contributed by atoms with Gasteiger partial charge in [-0.15, -0.1) is 0 Å². The van der Waals surface area contributed by atoms with Crippen molar-refractivity contribution in [1.29, 1.82) is 0 Å². The standard InChI is InChI=1S/C14H17F2NO2/c1-14(2,3)19-13(18)17(9-4-5-9)10-6-7-11(15)12(16)8-10/h6-9H,4-5H2,1-3H3. The number of carbonyl (C=O) groups is 1. The van der Waals surface area contributed by atoms with Crippen molar-refractivity contribution in [2.45, 2.75) is 45.3 Å². The van der Waals surface area contributed by atoms with Crippen molar-refractivity contribution in [1.82, 2.24) is 0 Å². The summed E-state index contributed by atoms with van der Waals surface area (Å²) in [5, 5.41) is 0. The second-order valence-corrected chi connectivity index (χ2v) is 5.68. The van der Waals surface area contributed by atoms with Gasteiger partial charge in [-0.3, -0.25) is 4.90 Å². The van der Waals surface area contributed by atoms with Crippen LogP contribution in [0.25, 0.3) is 0 Å². The van der Waals surface area contributed by atoms with Crippen molar-refractivity contribution in [2.75, 3.05) is 4.90 Å². The zero-order valence-corrected chi connectivity index (χ0v) is 11.2. The molecule has 19 heavy (non-hydrogen) atoms. The normalized spacial score (nSPS) is 15.2. The molecule has 1 aromatic carbocycles. The largest absolute Gasteiger partial charge is 0.443 e. The molecule has 0 aliphatic heterocycles. The average Bonchev–Trinajstić information content (AvgIpc) is 3.05. The minimum Gasteiger partial charge on any atom is -0.443 e. The summed E-state index contributed by atoms with van der Waals surface area (Å²) in [5.41, 5.74) is -0.293. The maximum Gasteiger partial charge on any atom is 0.415 e. The molecule has 0 spiro atoms. The molecule has 0 heterocycles. The molecule has 0 atom stereocenters. The highest BCUT2D eigenvalue weighted by atomic mass is 19.2. The zero-order chi connectivity index (χ0) is 14.2. The van der Waals surface area contributed by atoms with Crippen LogP contribution >= 0.6 is 0 Å². The Bertz CT molecular complexity index is 493. The molecule has 0 aromatic heterocycles. The molecule has 0 radical (unpaired) electrons. The van der Waals surface area contributed by atoms with E-state index in [0.29, 0.717) is 5.69 Å². The Morgan fingerprint density at radius 2 is 1.89 bits per heavy atom. The van der Waals surface area contributed by atoms with Gasteiger partial charge in [-0.1, -0.05) is 0 Å².